The zero-order chi connectivity index (χ0) is 24.1. The van der Waals surface area contributed by atoms with Crippen molar-refractivity contribution in [3.05, 3.63) is 30.3 Å². The van der Waals surface area contributed by atoms with E-state index in [1.54, 1.807) is 11.3 Å². The van der Waals surface area contributed by atoms with E-state index in [1.807, 2.05) is 34.5 Å². The van der Waals surface area contributed by atoms with E-state index in [9.17, 15) is 4.79 Å². The fourth-order valence-electron chi connectivity index (χ4n) is 3.86. The minimum atomic E-state index is -0.134. The summed E-state index contributed by atoms with van der Waals surface area (Å²) in [4.78, 5) is 22.3. The van der Waals surface area contributed by atoms with Gasteiger partial charge in [-0.05, 0) is 34.1 Å². The number of rotatable bonds is 8. The molecule has 9 nitrogen and oxygen atoms in total. The van der Waals surface area contributed by atoms with Crippen LogP contribution in [-0.2, 0) is 4.74 Å². The maximum atomic E-state index is 12.4. The molecule has 2 N–H and O–H groups in total. The molecule has 184 valence electrons. The summed E-state index contributed by atoms with van der Waals surface area (Å²) in [5.41, 5.74) is 1.84. The maximum Gasteiger partial charge on any atom is 0.317 e. The van der Waals surface area contributed by atoms with Gasteiger partial charge in [0.2, 0.25) is 10.1 Å². The van der Waals surface area contributed by atoms with Crippen LogP contribution in [0.5, 0.6) is 0 Å². The van der Waals surface area contributed by atoms with E-state index in [4.69, 9.17) is 14.8 Å². The Kier molecular flexibility index (Phi) is 7.57. The van der Waals surface area contributed by atoms with Gasteiger partial charge in [-0.15, -0.1) is 5.10 Å². The predicted octanol–water partition coefficient (Wildman–Crippen LogP) is 3.93. The normalized spacial score (nSPS) is 14.6. The van der Waals surface area contributed by atoms with Crippen molar-refractivity contribution in [3.63, 3.8) is 0 Å². The van der Waals surface area contributed by atoms with Crippen molar-refractivity contribution in [1.82, 2.24) is 24.8 Å². The molecule has 1 saturated heterocycles. The number of ether oxygens (including phenoxy) is 1. The molecular weight excluding hydrogens is 450 g/mol. The highest BCUT2D eigenvalue weighted by molar-refractivity contribution is 7.20. The smallest absolute Gasteiger partial charge is 0.317 e. The molecule has 1 fully saturated rings. The number of hydrogen-bond donors (Lipinski definition) is 2. The van der Waals surface area contributed by atoms with Gasteiger partial charge in [0.05, 0.1) is 0 Å². The number of carbonyl (C=O) groups excluding carboxylic acids is 1. The van der Waals surface area contributed by atoms with Crippen LogP contribution in [0.3, 0.4) is 0 Å². The zero-order valence-electron chi connectivity index (χ0n) is 20.5. The highest BCUT2D eigenvalue weighted by Crippen LogP contribution is 2.34. The Morgan fingerprint density at radius 1 is 1.15 bits per heavy atom. The van der Waals surface area contributed by atoms with Crippen LogP contribution < -0.4 is 15.5 Å². The lowest BCUT2D eigenvalue weighted by atomic mass is 10.1. The summed E-state index contributed by atoms with van der Waals surface area (Å²) in [6.07, 6.45) is 0.828. The van der Waals surface area contributed by atoms with Crippen molar-refractivity contribution in [2.75, 3.05) is 56.2 Å². The van der Waals surface area contributed by atoms with Crippen molar-refractivity contribution in [3.8, 4) is 11.3 Å². The van der Waals surface area contributed by atoms with Crippen molar-refractivity contribution in [1.29, 1.82) is 0 Å². The monoisotopic (exact) mass is 485 g/mol. The fourth-order valence-corrected chi connectivity index (χ4v) is 4.81. The average molecular weight is 486 g/mol. The molecule has 3 heterocycles. The van der Waals surface area contributed by atoms with E-state index in [1.165, 1.54) is 0 Å². The molecule has 10 heteroatoms. The van der Waals surface area contributed by atoms with E-state index < -0.39 is 0 Å². The summed E-state index contributed by atoms with van der Waals surface area (Å²) in [5, 5.41) is 12.4. The second kappa shape index (κ2) is 10.6. The first-order valence-corrected chi connectivity index (χ1v) is 12.8. The molecule has 0 aliphatic carbocycles. The third kappa shape index (κ3) is 5.79. The number of imidazole rings is 1. The van der Waals surface area contributed by atoms with E-state index in [-0.39, 0.29) is 11.6 Å². The first-order chi connectivity index (χ1) is 16.4. The van der Waals surface area contributed by atoms with Crippen molar-refractivity contribution in [2.45, 2.75) is 39.7 Å². The zero-order valence-corrected chi connectivity index (χ0v) is 21.3. The van der Waals surface area contributed by atoms with Gasteiger partial charge < -0.3 is 25.2 Å². The number of urea groups is 1. The summed E-state index contributed by atoms with van der Waals surface area (Å²) in [6.45, 7) is 13.2. The molecule has 0 radical (unpaired) electrons. The molecule has 1 aliphatic rings. The maximum absolute atomic E-state index is 12.4. The van der Waals surface area contributed by atoms with Crippen LogP contribution in [0, 0.1) is 0 Å². The molecule has 4 rings (SSSR count). The number of carbonyl (C=O) groups is 1. The number of nitrogens with zero attached hydrogens (tertiary/aromatic N) is 5. The minimum Gasteiger partial charge on any atom is -0.382 e. The van der Waals surface area contributed by atoms with E-state index in [0.717, 1.165) is 46.7 Å². The number of benzene rings is 1. The molecule has 1 aromatic carbocycles. The fraction of sp³-hybridized carbons (Fsp3) is 0.542. The summed E-state index contributed by atoms with van der Waals surface area (Å²) >= 11 is 1.58. The number of fused-ring (bicyclic) bond motifs is 1. The van der Waals surface area contributed by atoms with E-state index >= 15 is 0 Å². The van der Waals surface area contributed by atoms with Crippen molar-refractivity contribution in [2.24, 2.45) is 0 Å². The highest BCUT2D eigenvalue weighted by atomic mass is 32.1. The molecule has 0 unspecified atom stereocenters. The summed E-state index contributed by atoms with van der Waals surface area (Å²) in [5.74, 6) is 0.904. The third-order valence-electron chi connectivity index (χ3n) is 5.52. The first kappa shape index (κ1) is 24.3. The van der Waals surface area contributed by atoms with Gasteiger partial charge in [0.1, 0.15) is 5.69 Å². The summed E-state index contributed by atoms with van der Waals surface area (Å²) < 4.78 is 7.24. The lowest BCUT2D eigenvalue weighted by Crippen LogP contribution is -2.52. The first-order valence-electron chi connectivity index (χ1n) is 11.9. The molecule has 0 saturated carbocycles. The Morgan fingerprint density at radius 3 is 2.56 bits per heavy atom. The van der Waals surface area contributed by atoms with Crippen LogP contribution in [0.4, 0.5) is 15.7 Å². The number of amides is 2. The van der Waals surface area contributed by atoms with Crippen LogP contribution >= 0.6 is 11.3 Å². The molecule has 0 spiro atoms. The van der Waals surface area contributed by atoms with Crippen LogP contribution in [0.2, 0.25) is 0 Å². The Hall–Kier alpha value is -2.85. The molecule has 1 aliphatic heterocycles. The molecule has 0 atom stereocenters. The Balaban J connectivity index is 1.44. The molecule has 2 amide bonds. The number of aromatic nitrogens is 3. The lowest BCUT2D eigenvalue weighted by Gasteiger charge is -2.34. The number of anilines is 2. The van der Waals surface area contributed by atoms with Gasteiger partial charge in [-0.3, -0.25) is 0 Å². The quantitative estimate of drug-likeness (QED) is 0.470. The topological polar surface area (TPSA) is 87.0 Å². The van der Waals surface area contributed by atoms with Crippen molar-refractivity contribution < 1.29 is 9.53 Å². The van der Waals surface area contributed by atoms with E-state index in [0.29, 0.717) is 32.8 Å². The number of piperazine rings is 1. The van der Waals surface area contributed by atoms with Crippen LogP contribution in [-0.4, -0.2) is 77.0 Å². The van der Waals surface area contributed by atoms with E-state index in [2.05, 4.69) is 48.4 Å². The van der Waals surface area contributed by atoms with Gasteiger partial charge in [0.15, 0.2) is 5.82 Å². The van der Waals surface area contributed by atoms with Gasteiger partial charge >= 0.3 is 6.03 Å². The molecular formula is C24H35N7O2S. The molecule has 3 aromatic rings. The Labute approximate surface area is 205 Å². The van der Waals surface area contributed by atoms with Gasteiger partial charge in [-0.2, -0.15) is 4.52 Å². The number of hydrogen-bond acceptors (Lipinski definition) is 7. The van der Waals surface area contributed by atoms with Crippen molar-refractivity contribution >= 4 is 33.3 Å². The third-order valence-corrected chi connectivity index (χ3v) is 6.49. The minimum absolute atomic E-state index is 0.00532. The average Bonchev–Trinajstić information content (AvgIpc) is 3.38. The Morgan fingerprint density at radius 2 is 1.88 bits per heavy atom. The second-order valence-corrected chi connectivity index (χ2v) is 10.3. The van der Waals surface area contributed by atoms with Gasteiger partial charge in [-0.1, -0.05) is 41.7 Å². The Bertz CT molecular complexity index is 1080. The van der Waals surface area contributed by atoms with Gasteiger partial charge in [0.25, 0.3) is 0 Å². The number of nitrogens with one attached hydrogen (secondary N) is 2. The van der Waals surface area contributed by atoms with Gasteiger partial charge in [0, 0.05) is 57.0 Å². The highest BCUT2D eigenvalue weighted by Gasteiger charge is 2.26. The summed E-state index contributed by atoms with van der Waals surface area (Å²) in [6, 6.07) is 10.2. The molecule has 2 aromatic heterocycles. The second-order valence-electron chi connectivity index (χ2n) is 9.39. The predicted molar refractivity (Wildman–Crippen MR) is 138 cm³/mol. The molecule has 34 heavy (non-hydrogen) atoms. The van der Waals surface area contributed by atoms with Crippen LogP contribution in [0.1, 0.15) is 34.1 Å². The molecule has 0 bridgehead atoms. The summed E-state index contributed by atoms with van der Waals surface area (Å²) in [7, 11) is 0. The van der Waals surface area contributed by atoms with Gasteiger partial charge in [-0.25, -0.2) is 9.78 Å². The lowest BCUT2D eigenvalue weighted by molar-refractivity contribution is 0.143. The van der Waals surface area contributed by atoms with Crippen LogP contribution in [0.15, 0.2) is 30.3 Å². The SMILES string of the molecule is CCOCCCNC(=O)N1CCN(c2nn3c(NC(C)(C)C)c(-c4ccccc4)nc3s2)CC1. The standard InChI is InChI=1S/C24H35N7O2S/c1-5-33-17-9-12-25-21(32)29-13-15-30(16-14-29)23-28-31-20(27-24(2,3)4)19(26-22(31)34-23)18-10-7-6-8-11-18/h6-8,10-11,27H,5,9,12-17H2,1-4H3,(H,25,32). The largest absolute Gasteiger partial charge is 0.382 e. The van der Waals surface area contributed by atoms with Crippen LogP contribution in [0.25, 0.3) is 16.2 Å².